The first kappa shape index (κ1) is 19.5. The zero-order valence-electron chi connectivity index (χ0n) is 16.2. The van der Waals surface area contributed by atoms with E-state index in [4.69, 9.17) is 9.47 Å². The summed E-state index contributed by atoms with van der Waals surface area (Å²) in [5, 5.41) is 2.76. The van der Waals surface area contributed by atoms with Gasteiger partial charge in [-0.2, -0.15) is 0 Å². The number of nitrogens with zero attached hydrogens (tertiary/aromatic N) is 2. The van der Waals surface area contributed by atoms with Gasteiger partial charge in [0.15, 0.2) is 0 Å². The molecule has 0 bridgehead atoms. The monoisotopic (exact) mass is 379 g/mol. The molecular weight excluding hydrogens is 354 g/mol. The van der Waals surface area contributed by atoms with Crippen LogP contribution in [0.2, 0.25) is 0 Å². The molecular formula is C22H25N3O3. The lowest BCUT2D eigenvalue weighted by Gasteiger charge is -2.20. The van der Waals surface area contributed by atoms with E-state index in [0.29, 0.717) is 0 Å². The van der Waals surface area contributed by atoms with Crippen molar-refractivity contribution >= 4 is 11.6 Å². The van der Waals surface area contributed by atoms with E-state index in [2.05, 4.69) is 22.4 Å². The maximum atomic E-state index is 11.2. The Hall–Kier alpha value is -3.28. The van der Waals surface area contributed by atoms with Crippen LogP contribution in [0.25, 0.3) is 0 Å². The normalized spacial score (nSPS) is 11.6. The molecule has 0 fully saturated rings. The molecule has 6 nitrogen and oxygen atoms in total. The van der Waals surface area contributed by atoms with Gasteiger partial charge < -0.3 is 19.4 Å². The Kier molecular flexibility index (Phi) is 6.68. The average molecular weight is 379 g/mol. The number of methoxy groups -OCH3 is 1. The first-order valence-electron chi connectivity index (χ1n) is 9.25. The molecule has 0 spiro atoms. The molecule has 28 heavy (non-hydrogen) atoms. The molecule has 146 valence electrons. The molecule has 0 saturated heterocycles. The highest BCUT2D eigenvalue weighted by molar-refractivity contribution is 5.88. The number of hydrogen-bond acceptors (Lipinski definition) is 4. The molecule has 2 aromatic carbocycles. The molecule has 1 N–H and O–H groups in total. The van der Waals surface area contributed by atoms with Gasteiger partial charge in [0.1, 0.15) is 17.6 Å². The molecule has 0 aliphatic rings. The molecule has 6 heteroatoms. The first-order chi connectivity index (χ1) is 13.6. The van der Waals surface area contributed by atoms with Crippen molar-refractivity contribution < 1.29 is 14.3 Å². The number of hydrogen-bond donors (Lipinski definition) is 1. The van der Waals surface area contributed by atoms with E-state index >= 15 is 0 Å². The summed E-state index contributed by atoms with van der Waals surface area (Å²) >= 11 is 0. The van der Waals surface area contributed by atoms with E-state index in [-0.39, 0.29) is 12.0 Å². The van der Waals surface area contributed by atoms with Gasteiger partial charge in [0.2, 0.25) is 5.91 Å². The molecule has 1 aromatic heterocycles. The van der Waals surface area contributed by atoms with Crippen LogP contribution in [0, 0.1) is 0 Å². The number of nitrogens with one attached hydrogen (secondary N) is 1. The lowest BCUT2D eigenvalue weighted by Crippen LogP contribution is -2.21. The number of aryl methyl sites for hydroxylation is 1. The highest BCUT2D eigenvalue weighted by Crippen LogP contribution is 2.21. The minimum Gasteiger partial charge on any atom is -0.497 e. The van der Waals surface area contributed by atoms with Crippen molar-refractivity contribution in [3.05, 3.63) is 72.8 Å². The van der Waals surface area contributed by atoms with Crippen molar-refractivity contribution in [3.63, 3.8) is 0 Å². The number of carbonyl (C=O) groups is 1. The minimum absolute atomic E-state index is 0.00223. The van der Waals surface area contributed by atoms with Crippen molar-refractivity contribution in [2.75, 3.05) is 12.4 Å². The highest BCUT2D eigenvalue weighted by Gasteiger charge is 2.13. The number of aromatic nitrogens is 2. The Balaban J connectivity index is 1.68. The number of imidazole rings is 1. The summed E-state index contributed by atoms with van der Waals surface area (Å²) in [6, 6.07) is 15.5. The molecule has 3 aromatic rings. The predicted molar refractivity (Wildman–Crippen MR) is 109 cm³/mol. The third-order valence-corrected chi connectivity index (χ3v) is 4.37. The second-order valence-electron chi connectivity index (χ2n) is 6.59. The fourth-order valence-corrected chi connectivity index (χ4v) is 2.95. The Labute approximate surface area is 165 Å². The number of anilines is 1. The number of carbonyl (C=O) groups excluding carboxylic acids is 1. The number of ether oxygens (including phenoxy) is 2. The molecule has 0 radical (unpaired) electrons. The number of amides is 1. The summed E-state index contributed by atoms with van der Waals surface area (Å²) in [6.07, 6.45) is 7.17. The van der Waals surface area contributed by atoms with Crippen molar-refractivity contribution in [1.29, 1.82) is 0 Å². The molecule has 0 aliphatic heterocycles. The lowest BCUT2D eigenvalue weighted by atomic mass is 10.1. The van der Waals surface area contributed by atoms with Crippen molar-refractivity contribution in [2.45, 2.75) is 32.4 Å². The molecule has 1 heterocycles. The first-order valence-corrected chi connectivity index (χ1v) is 9.25. The van der Waals surface area contributed by atoms with Crippen molar-refractivity contribution in [1.82, 2.24) is 9.55 Å². The standard InChI is InChI=1S/C22H25N3O3/c1-17(26)24-19-5-9-21(10-6-19)28-22(11-13-25-14-12-23-16-25)15-18-3-7-20(27-2)8-4-18/h3-10,12,14,16,22H,11,13,15H2,1-2H3,(H,24,26). The average Bonchev–Trinajstić information content (AvgIpc) is 3.21. The van der Waals surface area contributed by atoms with E-state index in [9.17, 15) is 4.79 Å². The van der Waals surface area contributed by atoms with Gasteiger partial charge in [0, 0.05) is 44.4 Å². The maximum absolute atomic E-state index is 11.2. The van der Waals surface area contributed by atoms with Crippen LogP contribution in [0.15, 0.2) is 67.3 Å². The fourth-order valence-electron chi connectivity index (χ4n) is 2.95. The molecule has 1 amide bonds. The van der Waals surface area contributed by atoms with E-state index < -0.39 is 0 Å². The SMILES string of the molecule is COc1ccc(CC(CCn2ccnc2)Oc2ccc(NC(C)=O)cc2)cc1. The maximum Gasteiger partial charge on any atom is 0.221 e. The predicted octanol–water partition coefficient (Wildman–Crippen LogP) is 3.93. The lowest BCUT2D eigenvalue weighted by molar-refractivity contribution is -0.114. The number of rotatable bonds is 9. The van der Waals surface area contributed by atoms with Crippen LogP contribution in [-0.2, 0) is 17.8 Å². The van der Waals surface area contributed by atoms with Gasteiger partial charge in [-0.25, -0.2) is 4.98 Å². The third-order valence-electron chi connectivity index (χ3n) is 4.37. The second kappa shape index (κ2) is 9.60. The summed E-state index contributed by atoms with van der Waals surface area (Å²) in [6.45, 7) is 2.32. The Bertz CT molecular complexity index is 859. The van der Waals surface area contributed by atoms with Crippen LogP contribution in [0.4, 0.5) is 5.69 Å². The highest BCUT2D eigenvalue weighted by atomic mass is 16.5. The summed E-state index contributed by atoms with van der Waals surface area (Å²) in [5.74, 6) is 1.53. The van der Waals surface area contributed by atoms with Crippen molar-refractivity contribution in [2.24, 2.45) is 0 Å². The van der Waals surface area contributed by atoms with E-state index in [1.54, 1.807) is 13.3 Å². The Morgan fingerprint density at radius 2 is 1.82 bits per heavy atom. The molecule has 3 rings (SSSR count). The number of benzene rings is 2. The smallest absolute Gasteiger partial charge is 0.221 e. The zero-order chi connectivity index (χ0) is 19.8. The van der Waals surface area contributed by atoms with Crippen LogP contribution in [-0.4, -0.2) is 28.7 Å². The quantitative estimate of drug-likeness (QED) is 0.612. The van der Waals surface area contributed by atoms with Crippen LogP contribution in [0.1, 0.15) is 18.9 Å². The second-order valence-corrected chi connectivity index (χ2v) is 6.59. The summed E-state index contributed by atoms with van der Waals surface area (Å²) in [5.41, 5.74) is 1.94. The van der Waals surface area contributed by atoms with Crippen molar-refractivity contribution in [3.8, 4) is 11.5 Å². The minimum atomic E-state index is -0.0913. The van der Waals surface area contributed by atoms with Crippen LogP contribution in [0.5, 0.6) is 11.5 Å². The van der Waals surface area contributed by atoms with Gasteiger partial charge in [-0.3, -0.25) is 4.79 Å². The third kappa shape index (κ3) is 5.87. The summed E-state index contributed by atoms with van der Waals surface area (Å²) < 4.78 is 13.5. The van der Waals surface area contributed by atoms with Gasteiger partial charge in [-0.1, -0.05) is 12.1 Å². The van der Waals surface area contributed by atoms with E-state index in [0.717, 1.165) is 36.6 Å². The van der Waals surface area contributed by atoms with Gasteiger partial charge in [0.05, 0.1) is 13.4 Å². The molecule has 0 aliphatic carbocycles. The Morgan fingerprint density at radius 3 is 2.43 bits per heavy atom. The molecule has 1 atom stereocenters. The summed E-state index contributed by atoms with van der Waals surface area (Å²) in [4.78, 5) is 15.3. The van der Waals surface area contributed by atoms with E-state index in [1.807, 2.05) is 53.5 Å². The van der Waals surface area contributed by atoms with Gasteiger partial charge in [-0.05, 0) is 42.0 Å². The molecule has 0 saturated carbocycles. The van der Waals surface area contributed by atoms with Gasteiger partial charge >= 0.3 is 0 Å². The van der Waals surface area contributed by atoms with E-state index in [1.165, 1.54) is 12.5 Å². The van der Waals surface area contributed by atoms with Crippen LogP contribution < -0.4 is 14.8 Å². The van der Waals surface area contributed by atoms with Gasteiger partial charge in [0.25, 0.3) is 0 Å². The Morgan fingerprint density at radius 1 is 1.11 bits per heavy atom. The van der Waals surface area contributed by atoms with Crippen LogP contribution >= 0.6 is 0 Å². The molecule has 1 unspecified atom stereocenters. The largest absolute Gasteiger partial charge is 0.497 e. The topological polar surface area (TPSA) is 65.4 Å². The van der Waals surface area contributed by atoms with Gasteiger partial charge in [-0.15, -0.1) is 0 Å². The summed E-state index contributed by atoms with van der Waals surface area (Å²) in [7, 11) is 1.66. The van der Waals surface area contributed by atoms with Crippen LogP contribution in [0.3, 0.4) is 0 Å². The fraction of sp³-hybridized carbons (Fsp3) is 0.273. The zero-order valence-corrected chi connectivity index (χ0v) is 16.2.